The first kappa shape index (κ1) is 14.1. The molecule has 0 saturated heterocycles. The van der Waals surface area contributed by atoms with Gasteiger partial charge >= 0.3 is 0 Å². The molecule has 1 rings (SSSR count). The van der Waals surface area contributed by atoms with E-state index in [1.54, 1.807) is 13.2 Å². The molecule has 0 aliphatic rings. The summed E-state index contributed by atoms with van der Waals surface area (Å²) in [6.45, 7) is 4.02. The quantitative estimate of drug-likeness (QED) is 0.593. The van der Waals surface area contributed by atoms with Crippen LogP contribution < -0.4 is 11.3 Å². The van der Waals surface area contributed by atoms with E-state index in [1.807, 2.05) is 6.92 Å². The zero-order valence-electron chi connectivity index (χ0n) is 10.7. The van der Waals surface area contributed by atoms with E-state index < -0.39 is 0 Å². The number of nitrogens with one attached hydrogen (secondary N) is 1. The lowest BCUT2D eigenvalue weighted by molar-refractivity contribution is 0.0603. The van der Waals surface area contributed by atoms with Gasteiger partial charge in [-0.2, -0.15) is 0 Å². The zero-order chi connectivity index (χ0) is 12.8. The molecular formula is C13H21FN2O. The lowest BCUT2D eigenvalue weighted by Crippen LogP contribution is -2.38. The van der Waals surface area contributed by atoms with Crippen LogP contribution in [-0.2, 0) is 4.74 Å². The van der Waals surface area contributed by atoms with Crippen molar-refractivity contribution in [2.75, 3.05) is 7.11 Å². The summed E-state index contributed by atoms with van der Waals surface area (Å²) >= 11 is 0. The third-order valence-corrected chi connectivity index (χ3v) is 3.00. The van der Waals surface area contributed by atoms with Crippen molar-refractivity contribution in [3.05, 3.63) is 35.1 Å². The molecule has 0 aliphatic heterocycles. The van der Waals surface area contributed by atoms with E-state index in [0.717, 1.165) is 24.0 Å². The standard InChI is InChI=1S/C13H21FN2O/c1-4-5-12(17-3)13(16-15)11-8-10(14)7-6-9(11)2/h6-8,12-13,16H,4-5,15H2,1-3H3. The van der Waals surface area contributed by atoms with Crippen molar-refractivity contribution in [3.8, 4) is 0 Å². The number of nitrogens with two attached hydrogens (primary N) is 1. The Hall–Kier alpha value is -0.970. The molecule has 4 heteroatoms. The van der Waals surface area contributed by atoms with Crippen molar-refractivity contribution in [1.82, 2.24) is 5.43 Å². The minimum Gasteiger partial charge on any atom is -0.379 e. The van der Waals surface area contributed by atoms with Crippen LogP contribution in [0, 0.1) is 12.7 Å². The van der Waals surface area contributed by atoms with Gasteiger partial charge in [-0.1, -0.05) is 19.4 Å². The van der Waals surface area contributed by atoms with E-state index in [-0.39, 0.29) is 18.0 Å². The Labute approximate surface area is 102 Å². The molecule has 0 aromatic heterocycles. The second-order valence-corrected chi connectivity index (χ2v) is 4.21. The van der Waals surface area contributed by atoms with Gasteiger partial charge in [0.05, 0.1) is 12.1 Å². The van der Waals surface area contributed by atoms with Crippen molar-refractivity contribution in [3.63, 3.8) is 0 Å². The number of halogens is 1. The molecule has 3 nitrogen and oxygen atoms in total. The highest BCUT2D eigenvalue weighted by Crippen LogP contribution is 2.25. The Balaban J connectivity index is 3.02. The van der Waals surface area contributed by atoms with Crippen LogP contribution >= 0.6 is 0 Å². The van der Waals surface area contributed by atoms with Gasteiger partial charge in [0.25, 0.3) is 0 Å². The topological polar surface area (TPSA) is 47.3 Å². The average molecular weight is 240 g/mol. The van der Waals surface area contributed by atoms with E-state index >= 15 is 0 Å². The summed E-state index contributed by atoms with van der Waals surface area (Å²) in [6.07, 6.45) is 1.82. The maximum Gasteiger partial charge on any atom is 0.123 e. The third-order valence-electron chi connectivity index (χ3n) is 3.00. The normalized spacial score (nSPS) is 14.6. The minimum absolute atomic E-state index is 0.0505. The van der Waals surface area contributed by atoms with Crippen LogP contribution in [0.4, 0.5) is 4.39 Å². The molecule has 0 aliphatic carbocycles. The van der Waals surface area contributed by atoms with E-state index in [9.17, 15) is 4.39 Å². The monoisotopic (exact) mass is 240 g/mol. The van der Waals surface area contributed by atoms with E-state index in [1.165, 1.54) is 12.1 Å². The molecule has 2 unspecified atom stereocenters. The fourth-order valence-corrected chi connectivity index (χ4v) is 2.05. The predicted octanol–water partition coefficient (Wildman–Crippen LogP) is 2.45. The molecule has 0 spiro atoms. The number of hydrazine groups is 1. The molecule has 0 fully saturated rings. The number of ether oxygens (including phenoxy) is 1. The van der Waals surface area contributed by atoms with Crippen molar-refractivity contribution in [2.24, 2.45) is 5.84 Å². The average Bonchev–Trinajstić information content (AvgIpc) is 2.33. The number of hydrogen-bond donors (Lipinski definition) is 2. The summed E-state index contributed by atoms with van der Waals surface area (Å²) in [6, 6.07) is 4.54. The van der Waals surface area contributed by atoms with Gasteiger partial charge in [-0.3, -0.25) is 11.3 Å². The third kappa shape index (κ3) is 3.49. The molecule has 0 radical (unpaired) electrons. The van der Waals surface area contributed by atoms with Crippen LogP contribution in [0.2, 0.25) is 0 Å². The van der Waals surface area contributed by atoms with Crippen molar-refractivity contribution in [1.29, 1.82) is 0 Å². The number of rotatable bonds is 6. The second kappa shape index (κ2) is 6.69. The highest BCUT2D eigenvalue weighted by Gasteiger charge is 2.23. The summed E-state index contributed by atoms with van der Waals surface area (Å²) in [5.41, 5.74) is 4.59. The second-order valence-electron chi connectivity index (χ2n) is 4.21. The number of benzene rings is 1. The first-order valence-electron chi connectivity index (χ1n) is 5.89. The Bertz CT molecular complexity index is 357. The predicted molar refractivity (Wildman–Crippen MR) is 66.9 cm³/mol. The van der Waals surface area contributed by atoms with E-state index in [2.05, 4.69) is 12.3 Å². The van der Waals surface area contributed by atoms with Gasteiger partial charge in [0.2, 0.25) is 0 Å². The van der Waals surface area contributed by atoms with E-state index in [4.69, 9.17) is 10.6 Å². The molecule has 0 bridgehead atoms. The fourth-order valence-electron chi connectivity index (χ4n) is 2.05. The van der Waals surface area contributed by atoms with E-state index in [0.29, 0.717) is 0 Å². The van der Waals surface area contributed by atoms with Crippen LogP contribution in [0.25, 0.3) is 0 Å². The van der Waals surface area contributed by atoms with Gasteiger partial charge < -0.3 is 4.74 Å². The van der Waals surface area contributed by atoms with Crippen molar-refractivity contribution in [2.45, 2.75) is 38.8 Å². The van der Waals surface area contributed by atoms with Crippen molar-refractivity contribution < 1.29 is 9.13 Å². The minimum atomic E-state index is -0.253. The van der Waals surface area contributed by atoms with Gasteiger partial charge in [0.15, 0.2) is 0 Å². The SMILES string of the molecule is CCCC(OC)C(NN)c1cc(F)ccc1C. The highest BCUT2D eigenvalue weighted by molar-refractivity contribution is 5.30. The lowest BCUT2D eigenvalue weighted by atomic mass is 9.95. The zero-order valence-corrected chi connectivity index (χ0v) is 10.7. The summed E-state index contributed by atoms with van der Waals surface area (Å²) in [5.74, 6) is 5.33. The van der Waals surface area contributed by atoms with Crippen LogP contribution in [0.5, 0.6) is 0 Å². The molecule has 2 atom stereocenters. The van der Waals surface area contributed by atoms with Gasteiger partial charge in [0, 0.05) is 7.11 Å². The Morgan fingerprint density at radius 1 is 1.47 bits per heavy atom. The summed E-state index contributed by atoms with van der Waals surface area (Å²) in [5, 5.41) is 0. The molecule has 0 saturated carbocycles. The van der Waals surface area contributed by atoms with Gasteiger partial charge in [-0.15, -0.1) is 0 Å². The van der Waals surface area contributed by atoms with Crippen LogP contribution in [-0.4, -0.2) is 13.2 Å². The van der Waals surface area contributed by atoms with Crippen LogP contribution in [0.1, 0.15) is 36.9 Å². The maximum absolute atomic E-state index is 13.3. The molecule has 17 heavy (non-hydrogen) atoms. The fraction of sp³-hybridized carbons (Fsp3) is 0.538. The Morgan fingerprint density at radius 2 is 2.18 bits per heavy atom. The highest BCUT2D eigenvalue weighted by atomic mass is 19.1. The first-order chi connectivity index (χ1) is 8.13. The Kier molecular flexibility index (Phi) is 5.55. The first-order valence-corrected chi connectivity index (χ1v) is 5.89. The number of methoxy groups -OCH3 is 1. The summed E-state index contributed by atoms with van der Waals surface area (Å²) in [4.78, 5) is 0. The smallest absolute Gasteiger partial charge is 0.123 e. The molecule has 0 heterocycles. The number of hydrogen-bond acceptors (Lipinski definition) is 3. The van der Waals surface area contributed by atoms with Crippen LogP contribution in [0.3, 0.4) is 0 Å². The van der Waals surface area contributed by atoms with Crippen molar-refractivity contribution >= 4 is 0 Å². The molecule has 3 N–H and O–H groups in total. The molecule has 1 aromatic carbocycles. The lowest BCUT2D eigenvalue weighted by Gasteiger charge is -2.26. The summed E-state index contributed by atoms with van der Waals surface area (Å²) < 4.78 is 18.7. The molecule has 96 valence electrons. The maximum atomic E-state index is 13.3. The molecular weight excluding hydrogens is 219 g/mol. The molecule has 1 aromatic rings. The Morgan fingerprint density at radius 3 is 2.71 bits per heavy atom. The van der Waals surface area contributed by atoms with Crippen LogP contribution in [0.15, 0.2) is 18.2 Å². The van der Waals surface area contributed by atoms with Gasteiger partial charge in [-0.25, -0.2) is 4.39 Å². The van der Waals surface area contributed by atoms with Gasteiger partial charge in [-0.05, 0) is 36.6 Å². The molecule has 0 amide bonds. The van der Waals surface area contributed by atoms with Gasteiger partial charge in [0.1, 0.15) is 5.82 Å². The number of aryl methyl sites for hydroxylation is 1. The largest absolute Gasteiger partial charge is 0.379 e. The summed E-state index contributed by atoms with van der Waals surface area (Å²) in [7, 11) is 1.65.